The van der Waals surface area contributed by atoms with Gasteiger partial charge in [-0.05, 0) is 64.7 Å². The van der Waals surface area contributed by atoms with Gasteiger partial charge in [0, 0.05) is 60.9 Å². The van der Waals surface area contributed by atoms with E-state index < -0.39 is 30.8 Å². The molecule has 4 N–H and O–H groups in total. The van der Waals surface area contributed by atoms with Crippen LogP contribution in [0.25, 0.3) is 0 Å². The highest BCUT2D eigenvalue weighted by Gasteiger charge is 2.38. The van der Waals surface area contributed by atoms with Crippen LogP contribution in [0.5, 0.6) is 23.0 Å². The summed E-state index contributed by atoms with van der Waals surface area (Å²) in [6, 6.07) is 26.9. The van der Waals surface area contributed by atoms with Crippen LogP contribution in [0, 0.1) is 0 Å². The van der Waals surface area contributed by atoms with Gasteiger partial charge in [-0.2, -0.15) is 0 Å². The van der Waals surface area contributed by atoms with E-state index >= 15 is 0 Å². The number of ether oxygens (including phenoxy) is 4. The third-order valence-electron chi connectivity index (χ3n) is 12.0. The lowest BCUT2D eigenvalue weighted by molar-refractivity contribution is -0.128. The lowest BCUT2D eigenvalue weighted by Crippen LogP contribution is -2.43. The Morgan fingerprint density at radius 2 is 1.03 bits per heavy atom. The van der Waals surface area contributed by atoms with E-state index in [0.717, 1.165) is 22.5 Å². The van der Waals surface area contributed by atoms with Gasteiger partial charge in [-0.25, -0.2) is 0 Å². The van der Waals surface area contributed by atoms with E-state index in [0.29, 0.717) is 75.2 Å². The second-order valence-electron chi connectivity index (χ2n) is 16.6. The molecule has 6 amide bonds. The summed E-state index contributed by atoms with van der Waals surface area (Å²) in [5.41, 5.74) is 6.95. The van der Waals surface area contributed by atoms with Crippen molar-refractivity contribution in [1.82, 2.24) is 16.0 Å². The third kappa shape index (κ3) is 9.67. The number of aliphatic imine (C=N–C) groups is 2. The van der Waals surface area contributed by atoms with Gasteiger partial charge in [-0.15, -0.1) is 0 Å². The molecule has 2 unspecified atom stereocenters. The molecule has 5 aromatic rings. The van der Waals surface area contributed by atoms with Gasteiger partial charge in [-0.1, -0.05) is 43.3 Å². The minimum absolute atomic E-state index is 0.0272. The second-order valence-corrected chi connectivity index (χ2v) is 16.6. The number of hydrogen-bond donors (Lipinski definition) is 4. The molecule has 0 aromatic heterocycles. The third-order valence-corrected chi connectivity index (χ3v) is 12.0. The van der Waals surface area contributed by atoms with Crippen molar-refractivity contribution in [3.05, 3.63) is 124 Å². The summed E-state index contributed by atoms with van der Waals surface area (Å²) in [4.78, 5) is 90.2. The first-order chi connectivity index (χ1) is 33.5. The van der Waals surface area contributed by atoms with Crippen LogP contribution < -0.4 is 50.0 Å². The van der Waals surface area contributed by atoms with E-state index in [4.69, 9.17) is 28.9 Å². The molecule has 0 saturated carbocycles. The van der Waals surface area contributed by atoms with Crippen molar-refractivity contribution < 1.29 is 47.7 Å². The fraction of sp³-hybridized carbons (Fsp3) is 0.255. The van der Waals surface area contributed by atoms with Gasteiger partial charge in [0.25, 0.3) is 11.8 Å². The highest BCUT2D eigenvalue weighted by molar-refractivity contribution is 6.16. The van der Waals surface area contributed by atoms with Crippen LogP contribution in [0.15, 0.2) is 101 Å². The quantitative estimate of drug-likeness (QED) is 0.102. The molecule has 5 aromatic carbocycles. The van der Waals surface area contributed by atoms with E-state index in [9.17, 15) is 28.8 Å². The standard InChI is InChI=1S/C51H48N8O10/c1-4-46(60)54-24-47(61)55-25-48(62)56-26-49(63)57-33-14-29(27-68-44-20-38-36(18-42(44)66-2)50(64)58-34(22-52-38)16-31-9-5-7-11-40(31)58)13-30(15-33)28-69-45-21-39-37(19-43(45)67-3)51(65)59-35(23-53-39)17-32-10-6-8-12-41(32)59/h5-15,18-23,34-35H,4,16-17,24-28H2,1-3H3,(H,54,60)(H,55,61)(H,56,62)(H,57,63). The minimum atomic E-state index is -0.617. The Kier molecular flexibility index (Phi) is 13.0. The second kappa shape index (κ2) is 19.7. The van der Waals surface area contributed by atoms with Gasteiger partial charge in [-0.3, -0.25) is 48.6 Å². The number of benzene rings is 5. The molecule has 4 aliphatic heterocycles. The van der Waals surface area contributed by atoms with Crippen LogP contribution in [-0.4, -0.2) is 93.8 Å². The first-order valence-electron chi connectivity index (χ1n) is 22.3. The van der Waals surface area contributed by atoms with Crippen molar-refractivity contribution in [2.75, 3.05) is 49.0 Å². The molecule has 0 radical (unpaired) electrons. The SMILES string of the molecule is CCC(=O)NCC(=O)NCC(=O)NCC(=O)Nc1cc(COc2cc3c(cc2OC)C(=O)N2c4ccccc4CC2C=N3)cc(COc2cc3c(cc2OC)C(=O)N2c4ccccc4CC2C=N3)c1. The Hall–Kier alpha value is -8.54. The number of methoxy groups -OCH3 is 2. The zero-order valence-electron chi connectivity index (χ0n) is 38.0. The monoisotopic (exact) mass is 932 g/mol. The number of hydrogen-bond acceptors (Lipinski definition) is 12. The van der Waals surface area contributed by atoms with Gasteiger partial charge in [0.2, 0.25) is 23.6 Å². The number of amides is 6. The first kappa shape index (κ1) is 45.6. The van der Waals surface area contributed by atoms with Crippen LogP contribution in [0.2, 0.25) is 0 Å². The molecular formula is C51H48N8O10. The Balaban J connectivity index is 0.935. The summed E-state index contributed by atoms with van der Waals surface area (Å²) in [5, 5.41) is 10.1. The Labute approximate surface area is 396 Å². The normalized spacial score (nSPS) is 15.8. The van der Waals surface area contributed by atoms with Gasteiger partial charge in [0.1, 0.15) is 13.2 Å². The van der Waals surface area contributed by atoms with Crippen molar-refractivity contribution in [2.45, 2.75) is 51.5 Å². The summed E-state index contributed by atoms with van der Waals surface area (Å²) in [5.74, 6) is -1.17. The van der Waals surface area contributed by atoms with Crippen molar-refractivity contribution >= 4 is 76.3 Å². The smallest absolute Gasteiger partial charge is 0.261 e. The molecule has 2 atom stereocenters. The van der Waals surface area contributed by atoms with Crippen LogP contribution in [0.3, 0.4) is 0 Å². The fourth-order valence-electron chi connectivity index (χ4n) is 8.69. The van der Waals surface area contributed by atoms with Gasteiger partial charge in [0.15, 0.2) is 23.0 Å². The summed E-state index contributed by atoms with van der Waals surface area (Å²) in [7, 11) is 2.97. The number of rotatable bonds is 16. The van der Waals surface area contributed by atoms with E-state index in [1.165, 1.54) is 14.2 Å². The maximum absolute atomic E-state index is 14.0. The summed E-state index contributed by atoms with van der Waals surface area (Å²) in [6.45, 7) is 0.492. The van der Waals surface area contributed by atoms with Crippen molar-refractivity contribution in [3.63, 3.8) is 0 Å². The Bertz CT molecular complexity index is 2810. The minimum Gasteiger partial charge on any atom is -0.493 e. The molecule has 0 bridgehead atoms. The Morgan fingerprint density at radius 3 is 1.49 bits per heavy atom. The van der Waals surface area contributed by atoms with Gasteiger partial charge >= 0.3 is 0 Å². The van der Waals surface area contributed by atoms with Crippen LogP contribution in [0.1, 0.15) is 56.3 Å². The molecular weight excluding hydrogens is 885 g/mol. The number of nitrogens with zero attached hydrogens (tertiary/aromatic N) is 4. The highest BCUT2D eigenvalue weighted by atomic mass is 16.5. The molecule has 18 heteroatoms. The molecule has 352 valence electrons. The highest BCUT2D eigenvalue weighted by Crippen LogP contribution is 2.43. The number of fused-ring (bicyclic) bond motifs is 8. The van der Waals surface area contributed by atoms with Gasteiger partial charge < -0.3 is 40.2 Å². The number of carbonyl (C=O) groups is 6. The molecule has 0 spiro atoms. The zero-order valence-corrected chi connectivity index (χ0v) is 38.0. The van der Waals surface area contributed by atoms with E-state index in [1.807, 2.05) is 54.6 Å². The summed E-state index contributed by atoms with van der Waals surface area (Å²) < 4.78 is 24.2. The zero-order chi connectivity index (χ0) is 48.2. The molecule has 0 aliphatic carbocycles. The first-order valence-corrected chi connectivity index (χ1v) is 22.3. The molecule has 18 nitrogen and oxygen atoms in total. The number of carbonyl (C=O) groups excluding carboxylic acids is 6. The van der Waals surface area contributed by atoms with Crippen molar-refractivity contribution in [3.8, 4) is 23.0 Å². The predicted molar refractivity (Wildman–Crippen MR) is 257 cm³/mol. The lowest BCUT2D eigenvalue weighted by atomic mass is 10.1. The van der Waals surface area contributed by atoms with E-state index in [1.54, 1.807) is 65.6 Å². The Morgan fingerprint density at radius 1 is 0.580 bits per heavy atom. The van der Waals surface area contributed by atoms with E-state index in [-0.39, 0.29) is 56.0 Å². The van der Waals surface area contributed by atoms with Crippen LogP contribution in [0.4, 0.5) is 28.4 Å². The van der Waals surface area contributed by atoms with E-state index in [2.05, 4.69) is 21.3 Å². The molecule has 0 saturated heterocycles. The molecule has 4 heterocycles. The largest absolute Gasteiger partial charge is 0.493 e. The number of nitrogens with one attached hydrogen (secondary N) is 4. The summed E-state index contributed by atoms with van der Waals surface area (Å²) >= 11 is 0. The number of para-hydroxylation sites is 2. The number of anilines is 3. The van der Waals surface area contributed by atoms with Crippen molar-refractivity contribution in [2.24, 2.45) is 9.98 Å². The van der Waals surface area contributed by atoms with Crippen LogP contribution in [-0.2, 0) is 45.2 Å². The lowest BCUT2D eigenvalue weighted by Gasteiger charge is -2.22. The molecule has 0 fully saturated rings. The summed E-state index contributed by atoms with van der Waals surface area (Å²) in [6.07, 6.45) is 5.05. The molecule has 4 aliphatic rings. The fourth-order valence-corrected chi connectivity index (χ4v) is 8.69. The molecule has 9 rings (SSSR count). The average molecular weight is 933 g/mol. The topological polar surface area (TPSA) is 219 Å². The van der Waals surface area contributed by atoms with Crippen LogP contribution >= 0.6 is 0 Å². The maximum Gasteiger partial charge on any atom is 0.261 e. The molecule has 69 heavy (non-hydrogen) atoms. The van der Waals surface area contributed by atoms with Gasteiger partial charge in [0.05, 0.1) is 68.4 Å². The van der Waals surface area contributed by atoms with Crippen molar-refractivity contribution in [1.29, 1.82) is 0 Å². The average Bonchev–Trinajstić information content (AvgIpc) is 3.86. The predicted octanol–water partition coefficient (Wildman–Crippen LogP) is 5.13. The maximum atomic E-state index is 14.0.